The molecule has 4 heteroatoms. The van der Waals surface area contributed by atoms with E-state index in [0.717, 1.165) is 0 Å². The van der Waals surface area contributed by atoms with E-state index in [-0.39, 0.29) is 11.1 Å². The average molecular weight is 203 g/mol. The van der Waals surface area contributed by atoms with Crippen molar-refractivity contribution >= 4 is 0 Å². The zero-order chi connectivity index (χ0) is 10.7. The van der Waals surface area contributed by atoms with E-state index in [1.54, 1.807) is 13.0 Å². The van der Waals surface area contributed by atoms with Crippen LogP contribution in [0.4, 0.5) is 13.2 Å². The van der Waals surface area contributed by atoms with Crippen LogP contribution in [0.5, 0.6) is 0 Å². The SMILES string of the molecule is C[C@@H](N)c1cccc(C(F)F)c1CF. The summed E-state index contributed by atoms with van der Waals surface area (Å²) in [5, 5.41) is 0. The second kappa shape index (κ2) is 4.46. The summed E-state index contributed by atoms with van der Waals surface area (Å²) in [6.07, 6.45) is -2.65. The van der Waals surface area contributed by atoms with E-state index in [9.17, 15) is 13.2 Å². The molecule has 0 saturated heterocycles. The Balaban J connectivity index is 3.25. The molecular formula is C10H12F3N. The molecule has 0 aromatic heterocycles. The third-order valence-electron chi connectivity index (χ3n) is 2.11. The van der Waals surface area contributed by atoms with E-state index in [2.05, 4.69) is 0 Å². The van der Waals surface area contributed by atoms with Gasteiger partial charge in [-0.2, -0.15) is 0 Å². The first-order valence-electron chi connectivity index (χ1n) is 4.29. The van der Waals surface area contributed by atoms with Gasteiger partial charge in [0.05, 0.1) is 0 Å². The summed E-state index contributed by atoms with van der Waals surface area (Å²) in [5.74, 6) is 0. The number of halogens is 3. The van der Waals surface area contributed by atoms with Gasteiger partial charge >= 0.3 is 0 Å². The van der Waals surface area contributed by atoms with Gasteiger partial charge in [-0.3, -0.25) is 0 Å². The lowest BCUT2D eigenvalue weighted by Gasteiger charge is -2.14. The van der Waals surface area contributed by atoms with Crippen molar-refractivity contribution in [1.29, 1.82) is 0 Å². The number of hydrogen-bond donors (Lipinski definition) is 1. The van der Waals surface area contributed by atoms with Crippen molar-refractivity contribution in [3.8, 4) is 0 Å². The van der Waals surface area contributed by atoms with Crippen molar-refractivity contribution in [2.75, 3.05) is 0 Å². The highest BCUT2D eigenvalue weighted by atomic mass is 19.3. The van der Waals surface area contributed by atoms with Crippen LogP contribution in [0.25, 0.3) is 0 Å². The minimum atomic E-state index is -2.65. The van der Waals surface area contributed by atoms with E-state index in [0.29, 0.717) is 5.56 Å². The average Bonchev–Trinajstić information content (AvgIpc) is 2.16. The number of alkyl halides is 3. The van der Waals surface area contributed by atoms with Crippen molar-refractivity contribution < 1.29 is 13.2 Å². The van der Waals surface area contributed by atoms with Crippen molar-refractivity contribution in [3.05, 3.63) is 34.9 Å². The van der Waals surface area contributed by atoms with Crippen LogP contribution >= 0.6 is 0 Å². The van der Waals surface area contributed by atoms with Crippen LogP contribution in [0, 0.1) is 0 Å². The summed E-state index contributed by atoms with van der Waals surface area (Å²) < 4.78 is 37.5. The van der Waals surface area contributed by atoms with Gasteiger partial charge in [0, 0.05) is 11.6 Å². The van der Waals surface area contributed by atoms with Gasteiger partial charge in [0.1, 0.15) is 6.67 Å². The Bertz CT molecular complexity index is 284. The number of hydrogen-bond acceptors (Lipinski definition) is 1. The Kier molecular flexibility index (Phi) is 3.52. The molecule has 0 spiro atoms. The molecule has 0 bridgehead atoms. The molecule has 0 aliphatic carbocycles. The fourth-order valence-electron chi connectivity index (χ4n) is 1.41. The van der Waals surface area contributed by atoms with Crippen LogP contribution in [0.3, 0.4) is 0 Å². The maximum Gasteiger partial charge on any atom is 0.264 e. The topological polar surface area (TPSA) is 26.0 Å². The third kappa shape index (κ3) is 2.07. The van der Waals surface area contributed by atoms with Gasteiger partial charge < -0.3 is 5.73 Å². The van der Waals surface area contributed by atoms with Gasteiger partial charge in [-0.15, -0.1) is 0 Å². The largest absolute Gasteiger partial charge is 0.324 e. The Hall–Kier alpha value is -1.03. The van der Waals surface area contributed by atoms with E-state index in [4.69, 9.17) is 5.73 Å². The number of rotatable bonds is 3. The normalized spacial score (nSPS) is 13.3. The van der Waals surface area contributed by atoms with Gasteiger partial charge in [-0.1, -0.05) is 18.2 Å². The Labute approximate surface area is 80.7 Å². The zero-order valence-corrected chi connectivity index (χ0v) is 7.81. The first kappa shape index (κ1) is 11.0. The van der Waals surface area contributed by atoms with Crippen LogP contribution in [0.2, 0.25) is 0 Å². The molecule has 0 aliphatic heterocycles. The molecule has 1 aromatic carbocycles. The maximum atomic E-state index is 12.6. The predicted octanol–water partition coefficient (Wildman–Crippen LogP) is 3.11. The predicted molar refractivity (Wildman–Crippen MR) is 48.8 cm³/mol. The van der Waals surface area contributed by atoms with Gasteiger partial charge in [-0.05, 0) is 18.1 Å². The molecule has 0 heterocycles. The molecule has 0 unspecified atom stereocenters. The second-order valence-electron chi connectivity index (χ2n) is 3.14. The molecule has 1 aromatic rings. The summed E-state index contributed by atoms with van der Waals surface area (Å²) in [5.41, 5.74) is 5.76. The van der Waals surface area contributed by atoms with Crippen LogP contribution in [-0.2, 0) is 6.67 Å². The highest BCUT2D eigenvalue weighted by molar-refractivity contribution is 5.37. The lowest BCUT2D eigenvalue weighted by atomic mass is 9.98. The molecule has 0 fully saturated rings. The van der Waals surface area contributed by atoms with Crippen molar-refractivity contribution in [2.24, 2.45) is 5.73 Å². The number of benzene rings is 1. The van der Waals surface area contributed by atoms with Gasteiger partial charge in [0.15, 0.2) is 0 Å². The third-order valence-corrected chi connectivity index (χ3v) is 2.11. The summed E-state index contributed by atoms with van der Waals surface area (Å²) in [4.78, 5) is 0. The van der Waals surface area contributed by atoms with Crippen LogP contribution in [0.15, 0.2) is 18.2 Å². The van der Waals surface area contributed by atoms with Crippen molar-refractivity contribution in [2.45, 2.75) is 26.1 Å². The fraction of sp³-hybridized carbons (Fsp3) is 0.400. The second-order valence-corrected chi connectivity index (χ2v) is 3.14. The molecule has 1 rings (SSSR count). The first-order valence-corrected chi connectivity index (χ1v) is 4.29. The van der Waals surface area contributed by atoms with E-state index < -0.39 is 19.1 Å². The van der Waals surface area contributed by atoms with Crippen LogP contribution in [0.1, 0.15) is 36.1 Å². The molecule has 0 radical (unpaired) electrons. The highest BCUT2D eigenvalue weighted by Crippen LogP contribution is 2.28. The Morgan fingerprint density at radius 2 is 1.86 bits per heavy atom. The minimum Gasteiger partial charge on any atom is -0.324 e. The van der Waals surface area contributed by atoms with E-state index in [1.165, 1.54) is 12.1 Å². The summed E-state index contributed by atoms with van der Waals surface area (Å²) in [7, 11) is 0. The summed E-state index contributed by atoms with van der Waals surface area (Å²) in [6.45, 7) is 0.737. The molecule has 2 N–H and O–H groups in total. The number of nitrogens with two attached hydrogens (primary N) is 1. The van der Waals surface area contributed by atoms with E-state index in [1.807, 2.05) is 0 Å². The van der Waals surface area contributed by atoms with Crippen LogP contribution < -0.4 is 5.73 Å². The summed E-state index contributed by atoms with van der Waals surface area (Å²) >= 11 is 0. The maximum absolute atomic E-state index is 12.6. The smallest absolute Gasteiger partial charge is 0.264 e. The molecule has 0 aliphatic rings. The monoisotopic (exact) mass is 203 g/mol. The molecule has 14 heavy (non-hydrogen) atoms. The van der Waals surface area contributed by atoms with E-state index >= 15 is 0 Å². The first-order chi connectivity index (χ1) is 6.57. The molecule has 0 saturated carbocycles. The summed E-state index contributed by atoms with van der Waals surface area (Å²) in [6, 6.07) is 3.84. The van der Waals surface area contributed by atoms with Crippen molar-refractivity contribution in [3.63, 3.8) is 0 Å². The Morgan fingerprint density at radius 1 is 1.29 bits per heavy atom. The lowest BCUT2D eigenvalue weighted by molar-refractivity contribution is 0.149. The molecule has 0 amide bonds. The lowest BCUT2D eigenvalue weighted by Crippen LogP contribution is -2.09. The molecule has 1 nitrogen and oxygen atoms in total. The minimum absolute atomic E-state index is 0.0255. The van der Waals surface area contributed by atoms with Crippen LogP contribution in [-0.4, -0.2) is 0 Å². The van der Waals surface area contributed by atoms with Gasteiger partial charge in [0.25, 0.3) is 6.43 Å². The van der Waals surface area contributed by atoms with Crippen molar-refractivity contribution in [1.82, 2.24) is 0 Å². The Morgan fingerprint density at radius 3 is 2.29 bits per heavy atom. The van der Waals surface area contributed by atoms with Gasteiger partial charge in [0.2, 0.25) is 0 Å². The zero-order valence-electron chi connectivity index (χ0n) is 7.81. The molecule has 1 atom stereocenters. The molecular weight excluding hydrogens is 191 g/mol. The molecule has 78 valence electrons. The standard InChI is InChI=1S/C10H12F3N/c1-6(14)7-3-2-4-8(10(12)13)9(7)5-11/h2-4,6,10H,5,14H2,1H3/t6-/m1/s1. The van der Waals surface area contributed by atoms with Gasteiger partial charge in [-0.25, -0.2) is 13.2 Å². The fourth-order valence-corrected chi connectivity index (χ4v) is 1.41. The highest BCUT2D eigenvalue weighted by Gasteiger charge is 2.17. The quantitative estimate of drug-likeness (QED) is 0.802.